The third-order valence-electron chi connectivity index (χ3n) is 2.11. The van der Waals surface area contributed by atoms with Gasteiger partial charge < -0.3 is 14.9 Å². The van der Waals surface area contributed by atoms with Gasteiger partial charge in [0, 0.05) is 12.3 Å². The van der Waals surface area contributed by atoms with Gasteiger partial charge in [0.25, 0.3) is 11.5 Å². The Balaban J connectivity index is 2.44. The van der Waals surface area contributed by atoms with Gasteiger partial charge in [-0.25, -0.2) is 9.48 Å². The maximum absolute atomic E-state index is 11.4. The van der Waals surface area contributed by atoms with Crippen molar-refractivity contribution in [1.29, 1.82) is 0 Å². The first kappa shape index (κ1) is 13.4. The zero-order valence-electron chi connectivity index (χ0n) is 9.11. The average molecular weight is 289 g/mol. The number of aromatic amines is 1. The zero-order chi connectivity index (χ0) is 14.2. The molecule has 4 N–H and O–H groups in total. The van der Waals surface area contributed by atoms with Crippen LogP contribution in [-0.2, 0) is 4.57 Å². The van der Waals surface area contributed by atoms with Crippen LogP contribution in [0.15, 0.2) is 28.0 Å². The van der Waals surface area contributed by atoms with Gasteiger partial charge in [-0.1, -0.05) is 5.21 Å². The number of hydrogen-bond acceptors (Lipinski definition) is 6. The lowest BCUT2D eigenvalue weighted by molar-refractivity contribution is 0.131. The van der Waals surface area contributed by atoms with Gasteiger partial charge >= 0.3 is 13.3 Å². The largest absolute Gasteiger partial charge is 0.376 e. The monoisotopic (exact) mass is 289 g/mol. The molecule has 0 amide bonds. The molecular weight excluding hydrogens is 281 g/mol. The van der Waals surface area contributed by atoms with E-state index in [1.807, 2.05) is 4.98 Å². The van der Waals surface area contributed by atoms with Crippen molar-refractivity contribution in [2.24, 2.45) is 0 Å². The van der Waals surface area contributed by atoms with Crippen LogP contribution in [0.4, 0.5) is 0 Å². The highest BCUT2D eigenvalue weighted by molar-refractivity contribution is 7.51. The first-order valence-electron chi connectivity index (χ1n) is 4.76. The standard InChI is InChI=1S/C7H8N5O6P/c13-5-1-2-11(6(14)8-5)4-3-12(10-9-4)7(15)19(16,17)18/h1-3,7,15H,(H,8,13,14)(H2,16,17,18). The predicted octanol–water partition coefficient (Wildman–Crippen LogP) is -2.26. The van der Waals surface area contributed by atoms with Crippen molar-refractivity contribution in [2.75, 3.05) is 0 Å². The quantitative estimate of drug-likeness (QED) is 0.460. The average Bonchev–Trinajstić information content (AvgIpc) is 2.75. The number of nitrogens with one attached hydrogen (secondary N) is 1. The summed E-state index contributed by atoms with van der Waals surface area (Å²) in [6.45, 7) is 0. The second-order valence-corrected chi connectivity index (χ2v) is 5.11. The molecule has 0 fully saturated rings. The van der Waals surface area contributed by atoms with Crippen LogP contribution in [0.3, 0.4) is 0 Å². The van der Waals surface area contributed by atoms with Gasteiger partial charge in [-0.15, -0.1) is 5.10 Å². The molecule has 0 bridgehead atoms. The number of rotatable bonds is 3. The maximum atomic E-state index is 11.4. The van der Waals surface area contributed by atoms with Gasteiger partial charge in [0.1, 0.15) is 0 Å². The van der Waals surface area contributed by atoms with E-state index in [1.54, 1.807) is 0 Å². The van der Waals surface area contributed by atoms with E-state index >= 15 is 0 Å². The molecule has 0 saturated carbocycles. The van der Waals surface area contributed by atoms with Crippen molar-refractivity contribution in [3.05, 3.63) is 39.3 Å². The number of hydrogen-bond donors (Lipinski definition) is 4. The zero-order valence-corrected chi connectivity index (χ0v) is 10.0. The minimum atomic E-state index is -4.81. The van der Waals surface area contributed by atoms with Crippen LogP contribution in [0.2, 0.25) is 0 Å². The molecule has 11 nitrogen and oxygen atoms in total. The molecular formula is C7H8N5O6P. The molecule has 102 valence electrons. The summed E-state index contributed by atoms with van der Waals surface area (Å²) >= 11 is 0. The smallest absolute Gasteiger partial charge is 0.362 e. The third kappa shape index (κ3) is 2.69. The second-order valence-electron chi connectivity index (χ2n) is 3.47. The molecule has 0 radical (unpaired) electrons. The highest BCUT2D eigenvalue weighted by atomic mass is 31.2. The highest BCUT2D eigenvalue weighted by Gasteiger charge is 2.29. The van der Waals surface area contributed by atoms with Crippen LogP contribution in [0.1, 0.15) is 5.97 Å². The van der Waals surface area contributed by atoms with Crippen LogP contribution in [-0.4, -0.2) is 39.4 Å². The summed E-state index contributed by atoms with van der Waals surface area (Å²) in [5.74, 6) is -2.32. The molecule has 0 aliphatic heterocycles. The second kappa shape index (κ2) is 4.55. The highest BCUT2D eigenvalue weighted by Crippen LogP contribution is 2.46. The minimum absolute atomic E-state index is 0.117. The van der Waals surface area contributed by atoms with E-state index in [4.69, 9.17) is 9.79 Å². The summed E-state index contributed by atoms with van der Waals surface area (Å²) in [5.41, 5.74) is -1.41. The number of aliphatic hydroxyl groups excluding tert-OH is 1. The van der Waals surface area contributed by atoms with Gasteiger partial charge in [0.15, 0.2) is 5.82 Å². The maximum Gasteiger partial charge on any atom is 0.376 e. The lowest BCUT2D eigenvalue weighted by Crippen LogP contribution is -2.27. The van der Waals surface area contributed by atoms with E-state index in [1.165, 1.54) is 0 Å². The van der Waals surface area contributed by atoms with E-state index in [0.717, 1.165) is 23.0 Å². The van der Waals surface area contributed by atoms with Crippen molar-refractivity contribution in [3.63, 3.8) is 0 Å². The summed E-state index contributed by atoms with van der Waals surface area (Å²) in [7, 11) is -4.81. The first-order valence-corrected chi connectivity index (χ1v) is 6.44. The fourth-order valence-electron chi connectivity index (χ4n) is 1.24. The van der Waals surface area contributed by atoms with E-state index in [0.29, 0.717) is 4.68 Å². The summed E-state index contributed by atoms with van der Waals surface area (Å²) in [5, 5.41) is 16.0. The van der Waals surface area contributed by atoms with Crippen molar-refractivity contribution in [2.45, 2.75) is 5.97 Å². The van der Waals surface area contributed by atoms with Gasteiger partial charge in [0.05, 0.1) is 6.20 Å². The van der Waals surface area contributed by atoms with E-state index in [2.05, 4.69) is 10.3 Å². The number of H-pyrrole nitrogens is 1. The Morgan fingerprint density at radius 3 is 2.63 bits per heavy atom. The molecule has 2 heterocycles. The van der Waals surface area contributed by atoms with E-state index in [9.17, 15) is 19.3 Å². The number of aliphatic hydroxyl groups is 1. The molecule has 0 saturated heterocycles. The van der Waals surface area contributed by atoms with Gasteiger partial charge in [-0.05, 0) is 0 Å². The van der Waals surface area contributed by atoms with Crippen molar-refractivity contribution < 1.29 is 19.5 Å². The summed E-state index contributed by atoms with van der Waals surface area (Å²) in [4.78, 5) is 41.8. The molecule has 2 aromatic heterocycles. The Bertz CT molecular complexity index is 756. The first-order chi connectivity index (χ1) is 8.79. The molecule has 2 rings (SSSR count). The normalized spacial score (nSPS) is 13.4. The Kier molecular flexibility index (Phi) is 3.20. The molecule has 2 aromatic rings. The Hall–Kier alpha value is -2.07. The third-order valence-corrected chi connectivity index (χ3v) is 2.94. The van der Waals surface area contributed by atoms with Gasteiger partial charge in [0.2, 0.25) is 0 Å². The molecule has 0 aromatic carbocycles. The van der Waals surface area contributed by atoms with Gasteiger partial charge in [-0.2, -0.15) is 0 Å². The fourth-order valence-corrected chi connectivity index (χ4v) is 1.66. The molecule has 0 aliphatic carbocycles. The number of aromatic nitrogens is 5. The fraction of sp³-hybridized carbons (Fsp3) is 0.143. The lowest BCUT2D eigenvalue weighted by atomic mass is 10.6. The molecule has 0 aliphatic rings. The molecule has 1 unspecified atom stereocenters. The summed E-state index contributed by atoms with van der Waals surface area (Å²) < 4.78 is 12.2. The van der Waals surface area contributed by atoms with Crippen LogP contribution in [0.5, 0.6) is 0 Å². The SMILES string of the molecule is O=c1ccn(-c2cn(C(O)P(=O)(O)O)nn2)c(=O)[nH]1. The topological polar surface area (TPSA) is 163 Å². The molecule has 12 heteroatoms. The van der Waals surface area contributed by atoms with E-state index in [-0.39, 0.29) is 5.82 Å². The van der Waals surface area contributed by atoms with Crippen molar-refractivity contribution in [3.8, 4) is 5.82 Å². The molecule has 1 atom stereocenters. The summed E-state index contributed by atoms with van der Waals surface area (Å²) in [6, 6.07) is 1.06. The Morgan fingerprint density at radius 2 is 2.05 bits per heavy atom. The molecule has 0 spiro atoms. The lowest BCUT2D eigenvalue weighted by Gasteiger charge is -2.10. The van der Waals surface area contributed by atoms with Gasteiger partial charge in [-0.3, -0.25) is 18.9 Å². The minimum Gasteiger partial charge on any atom is -0.362 e. The Labute approximate surface area is 103 Å². The Morgan fingerprint density at radius 1 is 1.37 bits per heavy atom. The van der Waals surface area contributed by atoms with Crippen molar-refractivity contribution >= 4 is 7.60 Å². The van der Waals surface area contributed by atoms with Crippen LogP contribution < -0.4 is 11.2 Å². The number of nitrogens with zero attached hydrogens (tertiary/aromatic N) is 4. The van der Waals surface area contributed by atoms with Crippen molar-refractivity contribution in [1.82, 2.24) is 24.5 Å². The van der Waals surface area contributed by atoms with Crippen LogP contribution in [0.25, 0.3) is 5.82 Å². The molecule has 19 heavy (non-hydrogen) atoms. The van der Waals surface area contributed by atoms with Crippen LogP contribution >= 0.6 is 7.60 Å². The predicted molar refractivity (Wildman–Crippen MR) is 59.5 cm³/mol. The van der Waals surface area contributed by atoms with Crippen LogP contribution in [0, 0.1) is 0 Å². The van der Waals surface area contributed by atoms with E-state index < -0.39 is 24.8 Å². The summed E-state index contributed by atoms with van der Waals surface area (Å²) in [6.07, 6.45) is 2.06.